The molecule has 11 heteroatoms. The molecule has 1 unspecified atom stereocenters. The van der Waals surface area contributed by atoms with Crippen LogP contribution in [-0.4, -0.2) is 72.1 Å². The molecule has 0 aliphatic carbocycles. The van der Waals surface area contributed by atoms with Crippen molar-refractivity contribution in [3.8, 4) is 0 Å². The Balaban J connectivity index is 1.70. The average Bonchev–Trinajstić information content (AvgIpc) is 3.41. The van der Waals surface area contributed by atoms with Gasteiger partial charge in [0.2, 0.25) is 0 Å². The number of alkyl halides is 2. The SMILES string of the molecule is CCC1=C(CN2CC(F)(F)CC2CN(C)CC=O)NC(c2nccs2)=N[C@H]1c1ccc(F)cc1Br. The zero-order valence-corrected chi connectivity index (χ0v) is 21.9. The summed E-state index contributed by atoms with van der Waals surface area (Å²) in [5, 5.41) is 5.91. The van der Waals surface area contributed by atoms with Crippen LogP contribution >= 0.6 is 27.3 Å². The third-order valence-electron chi connectivity index (χ3n) is 6.27. The number of thiazole rings is 1. The maximum Gasteiger partial charge on any atom is 0.262 e. The lowest BCUT2D eigenvalue weighted by molar-refractivity contribution is -0.108. The van der Waals surface area contributed by atoms with Crippen molar-refractivity contribution < 1.29 is 18.0 Å². The number of amidine groups is 1. The van der Waals surface area contributed by atoms with Crippen LogP contribution in [0.25, 0.3) is 0 Å². The quantitative estimate of drug-likeness (QED) is 0.446. The van der Waals surface area contributed by atoms with E-state index in [-0.39, 0.29) is 31.9 Å². The van der Waals surface area contributed by atoms with Gasteiger partial charge in [-0.3, -0.25) is 14.8 Å². The fraction of sp³-hybridized carbons (Fsp3) is 0.458. The second kappa shape index (κ2) is 10.9. The molecular formula is C24H27BrF3N5OS. The number of nitrogens with one attached hydrogen (secondary N) is 1. The highest BCUT2D eigenvalue weighted by molar-refractivity contribution is 9.10. The molecule has 2 aliphatic heterocycles. The summed E-state index contributed by atoms with van der Waals surface area (Å²) in [6.45, 7) is 2.47. The van der Waals surface area contributed by atoms with E-state index in [1.807, 2.05) is 12.3 Å². The number of aromatic nitrogens is 1. The molecule has 6 nitrogen and oxygen atoms in total. The lowest BCUT2D eigenvalue weighted by Gasteiger charge is -2.33. The molecule has 0 saturated carbocycles. The highest BCUT2D eigenvalue weighted by Gasteiger charge is 2.45. The number of hydrogen-bond acceptors (Lipinski definition) is 7. The maximum atomic E-state index is 14.5. The van der Waals surface area contributed by atoms with Crippen LogP contribution in [0.5, 0.6) is 0 Å². The molecule has 2 aromatic rings. The van der Waals surface area contributed by atoms with Gasteiger partial charge in [0.1, 0.15) is 18.1 Å². The molecule has 35 heavy (non-hydrogen) atoms. The summed E-state index contributed by atoms with van der Waals surface area (Å²) in [6.07, 6.45) is 2.84. The summed E-state index contributed by atoms with van der Waals surface area (Å²) in [6, 6.07) is 3.69. The van der Waals surface area contributed by atoms with Crippen molar-refractivity contribution in [3.05, 3.63) is 61.9 Å². The minimum Gasteiger partial charge on any atom is -0.340 e. The van der Waals surface area contributed by atoms with E-state index in [1.54, 1.807) is 29.1 Å². The summed E-state index contributed by atoms with van der Waals surface area (Å²) in [5.41, 5.74) is 2.55. The molecule has 1 saturated heterocycles. The lowest BCUT2D eigenvalue weighted by Crippen LogP contribution is -2.43. The van der Waals surface area contributed by atoms with Crippen LogP contribution in [0.2, 0.25) is 0 Å². The Kier molecular flexibility index (Phi) is 8.09. The van der Waals surface area contributed by atoms with Gasteiger partial charge in [0.15, 0.2) is 10.8 Å². The van der Waals surface area contributed by atoms with Crippen molar-refractivity contribution >= 4 is 39.4 Å². The first kappa shape index (κ1) is 26.0. The van der Waals surface area contributed by atoms with Gasteiger partial charge in [-0.05, 0) is 36.7 Å². The van der Waals surface area contributed by atoms with Gasteiger partial charge in [0, 0.05) is 47.3 Å². The number of carbonyl (C=O) groups excluding carboxylic acids is 1. The van der Waals surface area contributed by atoms with E-state index in [1.165, 1.54) is 23.5 Å². The second-order valence-corrected chi connectivity index (χ2v) is 10.6. The van der Waals surface area contributed by atoms with Crippen LogP contribution in [0.4, 0.5) is 13.2 Å². The van der Waals surface area contributed by atoms with Gasteiger partial charge >= 0.3 is 0 Å². The normalized spacial score (nSPS) is 22.4. The van der Waals surface area contributed by atoms with E-state index < -0.39 is 18.0 Å². The average molecular weight is 570 g/mol. The number of likely N-dealkylation sites (tertiary alicyclic amines) is 1. The molecule has 1 aromatic heterocycles. The largest absolute Gasteiger partial charge is 0.340 e. The Labute approximate surface area is 215 Å². The van der Waals surface area contributed by atoms with Gasteiger partial charge in [-0.1, -0.05) is 28.9 Å². The van der Waals surface area contributed by atoms with E-state index in [2.05, 4.69) is 26.2 Å². The van der Waals surface area contributed by atoms with Crippen LogP contribution in [0, 0.1) is 5.82 Å². The number of aldehydes is 1. The molecule has 2 aliphatic rings. The minimum absolute atomic E-state index is 0.193. The van der Waals surface area contributed by atoms with Crippen LogP contribution in [-0.2, 0) is 4.79 Å². The number of halogens is 4. The zero-order chi connectivity index (χ0) is 25.2. The van der Waals surface area contributed by atoms with Crippen molar-refractivity contribution in [2.75, 3.05) is 33.2 Å². The predicted octanol–water partition coefficient (Wildman–Crippen LogP) is 4.64. The van der Waals surface area contributed by atoms with E-state index >= 15 is 0 Å². The molecule has 2 atom stereocenters. The number of aliphatic imine (C=N–C) groups is 1. The molecule has 3 heterocycles. The number of nitrogens with zero attached hydrogens (tertiary/aromatic N) is 4. The lowest BCUT2D eigenvalue weighted by atomic mass is 9.93. The minimum atomic E-state index is -2.81. The molecule has 188 valence electrons. The topological polar surface area (TPSA) is 60.8 Å². The molecule has 1 N–H and O–H groups in total. The molecule has 0 spiro atoms. The number of hydrogen-bond donors (Lipinski definition) is 1. The van der Waals surface area contributed by atoms with E-state index in [9.17, 15) is 18.0 Å². The number of likely N-dealkylation sites (N-methyl/N-ethyl adjacent to an activating group) is 1. The van der Waals surface area contributed by atoms with Crippen molar-refractivity contribution in [1.82, 2.24) is 20.1 Å². The second-order valence-electron chi connectivity index (χ2n) is 8.87. The number of benzene rings is 1. The molecule has 4 rings (SSSR count). The Bertz CT molecular complexity index is 1120. The van der Waals surface area contributed by atoms with E-state index in [4.69, 9.17) is 4.99 Å². The van der Waals surface area contributed by atoms with Crippen molar-refractivity contribution in [1.29, 1.82) is 0 Å². The molecule has 0 bridgehead atoms. The smallest absolute Gasteiger partial charge is 0.262 e. The molecule has 1 aromatic carbocycles. The summed E-state index contributed by atoms with van der Waals surface area (Å²) in [5.74, 6) is -2.60. The van der Waals surface area contributed by atoms with E-state index in [0.29, 0.717) is 28.3 Å². The first-order valence-electron chi connectivity index (χ1n) is 11.4. The molecule has 1 fully saturated rings. The summed E-state index contributed by atoms with van der Waals surface area (Å²) < 4.78 is 43.4. The van der Waals surface area contributed by atoms with Gasteiger partial charge in [-0.25, -0.2) is 18.2 Å². The highest BCUT2D eigenvalue weighted by Crippen LogP contribution is 2.39. The zero-order valence-electron chi connectivity index (χ0n) is 19.5. The Hall–Kier alpha value is -2.08. The van der Waals surface area contributed by atoms with Crippen molar-refractivity contribution in [2.24, 2.45) is 4.99 Å². The molecular weight excluding hydrogens is 543 g/mol. The van der Waals surface area contributed by atoms with Gasteiger partial charge in [-0.2, -0.15) is 0 Å². The first-order valence-corrected chi connectivity index (χ1v) is 13.0. The Morgan fingerprint density at radius 3 is 2.86 bits per heavy atom. The molecule has 0 radical (unpaired) electrons. The summed E-state index contributed by atoms with van der Waals surface area (Å²) in [7, 11) is 1.76. The van der Waals surface area contributed by atoms with E-state index in [0.717, 1.165) is 23.1 Å². The molecule has 0 amide bonds. The van der Waals surface area contributed by atoms with Crippen LogP contribution in [0.1, 0.15) is 36.4 Å². The standard InChI is InChI=1S/C24H27BrF3N5OS/c1-3-17-20(13-33-14-24(27,28)11-16(33)12-32(2)7-8-34)30-22(23-29-6-9-35-23)31-21(17)18-5-4-15(26)10-19(18)25/h4-6,8-10,16,21H,3,7,11-14H2,1-2H3,(H,30,31)/t16?,21-/m1/s1. The maximum absolute atomic E-state index is 14.5. The van der Waals surface area contributed by atoms with Crippen LogP contribution in [0.15, 0.2) is 50.5 Å². The van der Waals surface area contributed by atoms with Crippen molar-refractivity contribution in [3.63, 3.8) is 0 Å². The monoisotopic (exact) mass is 569 g/mol. The predicted molar refractivity (Wildman–Crippen MR) is 134 cm³/mol. The van der Waals surface area contributed by atoms with Crippen LogP contribution in [0.3, 0.4) is 0 Å². The number of rotatable bonds is 9. The van der Waals surface area contributed by atoms with Crippen LogP contribution < -0.4 is 5.32 Å². The fourth-order valence-corrected chi connectivity index (χ4v) is 5.85. The summed E-state index contributed by atoms with van der Waals surface area (Å²) in [4.78, 5) is 23.7. The Morgan fingerprint density at radius 2 is 2.20 bits per heavy atom. The first-order chi connectivity index (χ1) is 16.7. The third kappa shape index (κ3) is 6.02. The summed E-state index contributed by atoms with van der Waals surface area (Å²) >= 11 is 4.90. The highest BCUT2D eigenvalue weighted by atomic mass is 79.9. The van der Waals surface area contributed by atoms with Gasteiger partial charge in [0.25, 0.3) is 5.92 Å². The van der Waals surface area contributed by atoms with Gasteiger partial charge in [-0.15, -0.1) is 11.3 Å². The number of carbonyl (C=O) groups is 1. The fourth-order valence-electron chi connectivity index (χ4n) is 4.70. The van der Waals surface area contributed by atoms with Crippen molar-refractivity contribution in [2.45, 2.75) is 37.8 Å². The van der Waals surface area contributed by atoms with Gasteiger partial charge in [0.05, 0.1) is 13.1 Å². The van der Waals surface area contributed by atoms with Gasteiger partial charge < -0.3 is 10.1 Å². The Morgan fingerprint density at radius 1 is 1.40 bits per heavy atom. The third-order valence-corrected chi connectivity index (χ3v) is 7.74.